The molecule has 124 valence electrons. The van der Waals surface area contributed by atoms with E-state index in [0.717, 1.165) is 26.4 Å². The van der Waals surface area contributed by atoms with Gasteiger partial charge in [-0.15, -0.1) is 0 Å². The number of benzene rings is 2. The Morgan fingerprint density at radius 3 is 2.71 bits per heavy atom. The average molecular weight is 404 g/mol. The fourth-order valence-corrected chi connectivity index (χ4v) is 3.93. The average Bonchev–Trinajstić information content (AvgIpc) is 2.97. The number of carbonyl (C=O) groups excluding carboxylic acids is 1. The third-order valence-corrected chi connectivity index (χ3v) is 5.54. The van der Waals surface area contributed by atoms with Crippen LogP contribution in [0.5, 0.6) is 0 Å². The Kier molecular flexibility index (Phi) is 4.87. The largest absolute Gasteiger partial charge is 0.342 e. The highest BCUT2D eigenvalue weighted by Gasteiger charge is 2.14. The predicted octanol–water partition coefficient (Wildman–Crippen LogP) is 4.75. The maximum atomic E-state index is 12.3. The minimum Gasteiger partial charge on any atom is -0.342 e. The Morgan fingerprint density at radius 2 is 2.00 bits per heavy atom. The van der Waals surface area contributed by atoms with Gasteiger partial charge in [0.15, 0.2) is 5.13 Å². The van der Waals surface area contributed by atoms with E-state index >= 15 is 0 Å². The standard InChI is InChI=1S/C18H18BrN3OS/c1-11-7-8-12(2)17-16(11)21-18(24-17)22(3)10-15(23)20-14-6-4-5-13(19)9-14/h4-9H,10H2,1-3H3,(H,20,23). The number of nitrogens with one attached hydrogen (secondary N) is 1. The van der Waals surface area contributed by atoms with Crippen molar-refractivity contribution in [2.75, 3.05) is 23.8 Å². The lowest BCUT2D eigenvalue weighted by Gasteiger charge is -2.15. The van der Waals surface area contributed by atoms with Gasteiger partial charge in [0.2, 0.25) is 5.91 Å². The molecule has 0 aliphatic carbocycles. The van der Waals surface area contributed by atoms with Gasteiger partial charge in [0.05, 0.1) is 16.8 Å². The van der Waals surface area contributed by atoms with Crippen LogP contribution in [0, 0.1) is 13.8 Å². The number of aromatic nitrogens is 1. The smallest absolute Gasteiger partial charge is 0.243 e. The second kappa shape index (κ2) is 6.91. The van der Waals surface area contributed by atoms with Crippen LogP contribution in [0.1, 0.15) is 11.1 Å². The number of thiazole rings is 1. The van der Waals surface area contributed by atoms with Crippen molar-refractivity contribution in [2.45, 2.75) is 13.8 Å². The highest BCUT2D eigenvalue weighted by Crippen LogP contribution is 2.32. The fraction of sp³-hybridized carbons (Fsp3) is 0.222. The van der Waals surface area contributed by atoms with Gasteiger partial charge in [0, 0.05) is 17.2 Å². The lowest BCUT2D eigenvalue weighted by molar-refractivity contribution is -0.114. The molecular weight excluding hydrogens is 386 g/mol. The van der Waals surface area contributed by atoms with E-state index in [1.165, 1.54) is 10.3 Å². The highest BCUT2D eigenvalue weighted by molar-refractivity contribution is 9.10. The molecule has 0 unspecified atom stereocenters. The first-order valence-electron chi connectivity index (χ1n) is 7.57. The number of aryl methyl sites for hydroxylation is 2. The third-order valence-electron chi connectivity index (χ3n) is 3.75. The number of nitrogens with zero attached hydrogens (tertiary/aromatic N) is 2. The molecule has 0 fully saturated rings. The lowest BCUT2D eigenvalue weighted by Crippen LogP contribution is -2.29. The Balaban J connectivity index is 1.75. The second-order valence-corrected chi connectivity index (χ2v) is 7.68. The van der Waals surface area contributed by atoms with Crippen LogP contribution in [0.2, 0.25) is 0 Å². The maximum absolute atomic E-state index is 12.3. The second-order valence-electron chi connectivity index (χ2n) is 5.79. The molecule has 1 aromatic heterocycles. The molecule has 24 heavy (non-hydrogen) atoms. The van der Waals surface area contributed by atoms with Gasteiger partial charge in [-0.3, -0.25) is 4.79 Å². The van der Waals surface area contributed by atoms with Gasteiger partial charge in [-0.25, -0.2) is 4.98 Å². The van der Waals surface area contributed by atoms with Crippen molar-refractivity contribution in [1.82, 2.24) is 4.98 Å². The fourth-order valence-electron chi connectivity index (χ4n) is 2.46. The van der Waals surface area contributed by atoms with Crippen LogP contribution in [-0.2, 0) is 4.79 Å². The summed E-state index contributed by atoms with van der Waals surface area (Å²) in [5.41, 5.74) is 4.17. The quantitative estimate of drug-likeness (QED) is 0.683. The van der Waals surface area contributed by atoms with E-state index in [9.17, 15) is 4.79 Å². The van der Waals surface area contributed by atoms with Crippen molar-refractivity contribution in [3.05, 3.63) is 52.0 Å². The molecule has 0 atom stereocenters. The van der Waals surface area contributed by atoms with Gasteiger partial charge in [0.25, 0.3) is 0 Å². The van der Waals surface area contributed by atoms with Crippen molar-refractivity contribution in [3.63, 3.8) is 0 Å². The summed E-state index contributed by atoms with van der Waals surface area (Å²) in [6.07, 6.45) is 0. The summed E-state index contributed by atoms with van der Waals surface area (Å²) < 4.78 is 2.12. The van der Waals surface area contributed by atoms with Gasteiger partial charge < -0.3 is 10.2 Å². The Bertz CT molecular complexity index is 867. The molecule has 0 spiro atoms. The zero-order chi connectivity index (χ0) is 17.3. The number of amides is 1. The van der Waals surface area contributed by atoms with E-state index in [-0.39, 0.29) is 12.5 Å². The highest BCUT2D eigenvalue weighted by atomic mass is 79.9. The summed E-state index contributed by atoms with van der Waals surface area (Å²) in [6.45, 7) is 4.40. The van der Waals surface area contributed by atoms with Crippen molar-refractivity contribution in [3.8, 4) is 0 Å². The molecule has 1 heterocycles. The summed E-state index contributed by atoms with van der Waals surface area (Å²) in [4.78, 5) is 18.9. The van der Waals surface area contributed by atoms with Crippen molar-refractivity contribution < 1.29 is 4.79 Å². The number of rotatable bonds is 4. The summed E-state index contributed by atoms with van der Waals surface area (Å²) in [5, 5.41) is 3.76. The molecule has 0 aliphatic heterocycles. The van der Waals surface area contributed by atoms with Gasteiger partial charge in [-0.1, -0.05) is 45.5 Å². The predicted molar refractivity (Wildman–Crippen MR) is 105 cm³/mol. The first-order chi connectivity index (χ1) is 11.4. The Morgan fingerprint density at radius 1 is 1.25 bits per heavy atom. The minimum atomic E-state index is -0.0664. The molecule has 2 aromatic carbocycles. The number of halogens is 1. The topological polar surface area (TPSA) is 45.2 Å². The van der Waals surface area contributed by atoms with Gasteiger partial charge >= 0.3 is 0 Å². The molecule has 0 radical (unpaired) electrons. The molecule has 4 nitrogen and oxygen atoms in total. The molecule has 0 bridgehead atoms. The Hall–Kier alpha value is -1.92. The molecular formula is C18H18BrN3OS. The van der Waals surface area contributed by atoms with Crippen LogP contribution in [0.4, 0.5) is 10.8 Å². The number of fused-ring (bicyclic) bond motifs is 1. The zero-order valence-electron chi connectivity index (χ0n) is 13.8. The zero-order valence-corrected chi connectivity index (χ0v) is 16.2. The molecule has 3 aromatic rings. The molecule has 1 amide bonds. The number of carbonyl (C=O) groups is 1. The minimum absolute atomic E-state index is 0.0664. The van der Waals surface area contributed by atoms with Gasteiger partial charge in [0.1, 0.15) is 0 Å². The van der Waals surface area contributed by atoms with Crippen molar-refractivity contribution in [1.29, 1.82) is 0 Å². The van der Waals surface area contributed by atoms with Crippen LogP contribution in [0.25, 0.3) is 10.2 Å². The monoisotopic (exact) mass is 403 g/mol. The number of hydrogen-bond donors (Lipinski definition) is 1. The van der Waals surface area contributed by atoms with Crippen LogP contribution in [0.15, 0.2) is 40.9 Å². The molecule has 3 rings (SSSR count). The number of likely N-dealkylation sites (N-methyl/N-ethyl adjacent to an activating group) is 1. The summed E-state index contributed by atoms with van der Waals surface area (Å²) in [5.74, 6) is -0.0664. The van der Waals surface area contributed by atoms with Gasteiger partial charge in [-0.2, -0.15) is 0 Å². The van der Waals surface area contributed by atoms with Crippen molar-refractivity contribution in [2.24, 2.45) is 0 Å². The Labute approximate surface area is 153 Å². The molecule has 0 saturated carbocycles. The van der Waals surface area contributed by atoms with E-state index < -0.39 is 0 Å². The van der Waals surface area contributed by atoms with E-state index in [1.54, 1.807) is 11.3 Å². The molecule has 0 saturated heterocycles. The third kappa shape index (κ3) is 3.60. The maximum Gasteiger partial charge on any atom is 0.243 e. The first-order valence-corrected chi connectivity index (χ1v) is 9.18. The number of hydrogen-bond acceptors (Lipinski definition) is 4. The SMILES string of the molecule is Cc1ccc(C)c2sc(N(C)CC(=O)Nc3cccc(Br)c3)nc12. The van der Waals surface area contributed by atoms with Gasteiger partial charge in [-0.05, 0) is 43.2 Å². The van der Waals surface area contributed by atoms with Crippen LogP contribution in [-0.4, -0.2) is 24.5 Å². The normalized spacial score (nSPS) is 10.8. The summed E-state index contributed by atoms with van der Waals surface area (Å²) in [6, 6.07) is 11.8. The number of anilines is 2. The summed E-state index contributed by atoms with van der Waals surface area (Å²) >= 11 is 5.03. The molecule has 1 N–H and O–H groups in total. The summed E-state index contributed by atoms with van der Waals surface area (Å²) in [7, 11) is 1.89. The van der Waals surface area contributed by atoms with Crippen molar-refractivity contribution >= 4 is 54.2 Å². The van der Waals surface area contributed by atoms with E-state index in [0.29, 0.717) is 0 Å². The molecule has 0 aliphatic rings. The van der Waals surface area contributed by atoms with E-state index in [2.05, 4.69) is 47.2 Å². The molecule has 6 heteroatoms. The van der Waals surface area contributed by atoms with E-state index in [4.69, 9.17) is 4.98 Å². The lowest BCUT2D eigenvalue weighted by atomic mass is 10.1. The van der Waals surface area contributed by atoms with Crippen LogP contribution < -0.4 is 10.2 Å². The van der Waals surface area contributed by atoms with E-state index in [1.807, 2.05) is 36.2 Å². The van der Waals surface area contributed by atoms with Crippen LogP contribution in [0.3, 0.4) is 0 Å². The first kappa shape index (κ1) is 16.9. The van der Waals surface area contributed by atoms with Crippen LogP contribution >= 0.6 is 27.3 Å².